The van der Waals surface area contributed by atoms with E-state index in [9.17, 15) is 19.2 Å². The second kappa shape index (κ2) is 13.1. The summed E-state index contributed by atoms with van der Waals surface area (Å²) >= 11 is 0. The molecule has 4 aromatic rings. The number of hydrogen-bond donors (Lipinski definition) is 0. The number of amides is 2. The third-order valence-corrected chi connectivity index (χ3v) is 9.30. The third kappa shape index (κ3) is 5.85. The zero-order chi connectivity index (χ0) is 33.4. The Morgan fingerprint density at radius 1 is 1.02 bits per heavy atom. The Hall–Kier alpha value is -5.32. The van der Waals surface area contributed by atoms with Crippen LogP contribution < -0.4 is 20.9 Å². The van der Waals surface area contributed by atoms with Gasteiger partial charge in [-0.25, -0.2) is 14.8 Å². The highest BCUT2D eigenvalue weighted by atomic mass is 16.5. The minimum absolute atomic E-state index is 0.0107. The highest BCUT2D eigenvalue weighted by Gasteiger charge is 2.33. The first-order chi connectivity index (χ1) is 23.4. The van der Waals surface area contributed by atoms with Gasteiger partial charge < -0.3 is 9.64 Å². The fourth-order valence-electron chi connectivity index (χ4n) is 6.63. The van der Waals surface area contributed by atoms with Crippen molar-refractivity contribution in [3.05, 3.63) is 116 Å². The lowest BCUT2D eigenvalue weighted by atomic mass is 9.99. The van der Waals surface area contributed by atoms with E-state index in [0.717, 1.165) is 36.8 Å². The van der Waals surface area contributed by atoms with Gasteiger partial charge in [0.1, 0.15) is 17.4 Å². The second-order valence-corrected chi connectivity index (χ2v) is 12.5. The van der Waals surface area contributed by atoms with Crippen molar-refractivity contribution in [3.8, 4) is 5.75 Å². The molecule has 1 aliphatic carbocycles. The molecule has 11 nitrogen and oxygen atoms in total. The Balaban J connectivity index is 1.14. The highest BCUT2D eigenvalue weighted by molar-refractivity contribution is 6.07. The molecule has 1 saturated carbocycles. The zero-order valence-corrected chi connectivity index (χ0v) is 27.2. The van der Waals surface area contributed by atoms with Crippen LogP contribution in [0.2, 0.25) is 0 Å². The lowest BCUT2D eigenvalue weighted by Gasteiger charge is -2.29. The van der Waals surface area contributed by atoms with Crippen molar-refractivity contribution in [1.29, 1.82) is 0 Å². The average molecular weight is 647 g/mol. The van der Waals surface area contributed by atoms with Crippen LogP contribution in [0.15, 0.2) is 81.4 Å². The van der Waals surface area contributed by atoms with Crippen molar-refractivity contribution in [2.45, 2.75) is 58.0 Å². The number of ether oxygens (including phenoxy) is 1. The number of hydrogen-bond acceptors (Lipinski definition) is 7. The maximum atomic E-state index is 13.9. The average Bonchev–Trinajstić information content (AvgIpc) is 3.85. The van der Waals surface area contributed by atoms with Crippen LogP contribution in [0.3, 0.4) is 0 Å². The molecule has 246 valence electrons. The van der Waals surface area contributed by atoms with Crippen molar-refractivity contribution in [1.82, 2.24) is 19.0 Å². The van der Waals surface area contributed by atoms with E-state index in [1.807, 2.05) is 42.2 Å². The van der Waals surface area contributed by atoms with E-state index in [1.165, 1.54) is 4.57 Å². The molecule has 4 heterocycles. The van der Waals surface area contributed by atoms with Crippen molar-refractivity contribution in [2.75, 3.05) is 31.6 Å². The maximum absolute atomic E-state index is 13.9. The van der Waals surface area contributed by atoms with Gasteiger partial charge in [0, 0.05) is 61.5 Å². The summed E-state index contributed by atoms with van der Waals surface area (Å²) in [4.78, 5) is 66.6. The minimum atomic E-state index is -0.288. The quantitative estimate of drug-likeness (QED) is 0.236. The summed E-state index contributed by atoms with van der Waals surface area (Å²) in [5, 5.41) is 0. The zero-order valence-electron chi connectivity index (χ0n) is 27.2. The van der Waals surface area contributed by atoms with Gasteiger partial charge in [0.2, 0.25) is 0 Å². The van der Waals surface area contributed by atoms with E-state index in [-0.39, 0.29) is 29.1 Å². The Bertz CT molecular complexity index is 2040. The number of rotatable bonds is 11. The molecule has 11 heteroatoms. The Morgan fingerprint density at radius 2 is 1.85 bits per heavy atom. The summed E-state index contributed by atoms with van der Waals surface area (Å²) in [6.45, 7) is 3.95. The summed E-state index contributed by atoms with van der Waals surface area (Å²) in [6, 6.07) is 18.3. The maximum Gasteiger partial charge on any atom is 0.332 e. The number of nitrogens with zero attached hydrogens (tertiary/aromatic N) is 6. The molecular weight excluding hydrogens is 608 g/mol. The van der Waals surface area contributed by atoms with Gasteiger partial charge in [-0.1, -0.05) is 31.2 Å². The number of aromatic nitrogens is 3. The summed E-state index contributed by atoms with van der Waals surface area (Å²) in [5.41, 5.74) is 3.64. The first-order valence-corrected chi connectivity index (χ1v) is 16.6. The molecule has 0 radical (unpaired) electrons. The molecule has 7 rings (SSSR count). The smallest absolute Gasteiger partial charge is 0.332 e. The number of fused-ring (bicyclic) bond motifs is 2. The van der Waals surface area contributed by atoms with E-state index < -0.39 is 0 Å². The number of benzene rings is 2. The molecule has 2 aromatic carbocycles. The van der Waals surface area contributed by atoms with E-state index in [4.69, 9.17) is 14.7 Å². The third-order valence-electron chi connectivity index (χ3n) is 9.30. The summed E-state index contributed by atoms with van der Waals surface area (Å²) in [7, 11) is 1.56. The van der Waals surface area contributed by atoms with Gasteiger partial charge in [-0.15, -0.1) is 0 Å². The number of methoxy groups -OCH3 is 1. The van der Waals surface area contributed by atoms with Crippen LogP contribution in [-0.2, 0) is 19.4 Å². The number of aliphatic imine (C=N–C) groups is 1. The van der Waals surface area contributed by atoms with E-state index in [1.54, 1.807) is 53.1 Å². The lowest BCUT2D eigenvalue weighted by molar-refractivity contribution is 0.0738. The largest absolute Gasteiger partial charge is 0.497 e. The van der Waals surface area contributed by atoms with Gasteiger partial charge in [-0.2, -0.15) is 0 Å². The molecule has 0 N–H and O–H groups in total. The van der Waals surface area contributed by atoms with Gasteiger partial charge >= 0.3 is 5.69 Å². The fraction of sp³-hybridized carbons (Fsp3) is 0.351. The molecule has 0 unspecified atom stereocenters. The van der Waals surface area contributed by atoms with Crippen LogP contribution >= 0.6 is 0 Å². The van der Waals surface area contributed by atoms with E-state index in [0.29, 0.717) is 78.8 Å². The van der Waals surface area contributed by atoms with Gasteiger partial charge in [-0.3, -0.25) is 28.4 Å². The minimum Gasteiger partial charge on any atom is -0.497 e. The predicted molar refractivity (Wildman–Crippen MR) is 183 cm³/mol. The molecule has 2 aromatic heterocycles. The van der Waals surface area contributed by atoms with Gasteiger partial charge in [-0.05, 0) is 74.1 Å². The first-order valence-electron chi connectivity index (χ1n) is 16.6. The standard InChI is InChI=1S/C37H38N6O5/c1-3-17-42-33-30(36(46)43(37(42)47)27-13-14-27)22-31(39-33)26-12-15-32(38-23-26)41(34(44)25-9-6-10-28(21-25)48-2)19-7-18-40-20-16-24-8-4-5-11-29(24)35(40)45/h4-6,8-12,15,21,23,27H,3,7,13-14,16-20,22H2,1-2H3. The molecule has 3 aliphatic rings. The summed E-state index contributed by atoms with van der Waals surface area (Å²) < 4.78 is 8.40. The number of carbonyl (C=O) groups is 2. The molecular formula is C37H38N6O5. The van der Waals surface area contributed by atoms with Crippen LogP contribution in [0, 0.1) is 0 Å². The molecule has 1 fully saturated rings. The molecule has 0 atom stereocenters. The lowest BCUT2D eigenvalue weighted by Crippen LogP contribution is -2.40. The SMILES string of the molecule is CCCn1c2c(c(=O)n(C3CC3)c1=O)CC(c1ccc(N(CCCN3CCc4ccccc4C3=O)C(=O)c3cccc(OC)c3)nc1)=N2. The molecule has 2 amide bonds. The monoisotopic (exact) mass is 646 g/mol. The number of pyridine rings is 1. The van der Waals surface area contributed by atoms with E-state index in [2.05, 4.69) is 0 Å². The Labute approximate surface area is 278 Å². The normalized spacial score (nSPS) is 15.2. The molecule has 48 heavy (non-hydrogen) atoms. The molecule has 0 saturated heterocycles. The van der Waals surface area contributed by atoms with Crippen molar-refractivity contribution in [3.63, 3.8) is 0 Å². The molecule has 0 bridgehead atoms. The van der Waals surface area contributed by atoms with E-state index >= 15 is 0 Å². The van der Waals surface area contributed by atoms with Crippen LogP contribution in [0.4, 0.5) is 11.6 Å². The number of carbonyl (C=O) groups excluding carboxylic acids is 2. The molecule has 2 aliphatic heterocycles. The van der Waals surface area contributed by atoms with Crippen molar-refractivity contribution < 1.29 is 14.3 Å². The van der Waals surface area contributed by atoms with Crippen LogP contribution in [0.25, 0.3) is 0 Å². The molecule has 0 spiro atoms. The Morgan fingerprint density at radius 3 is 2.60 bits per heavy atom. The highest BCUT2D eigenvalue weighted by Crippen LogP contribution is 2.34. The second-order valence-electron chi connectivity index (χ2n) is 12.5. The fourth-order valence-corrected chi connectivity index (χ4v) is 6.63. The predicted octanol–water partition coefficient (Wildman–Crippen LogP) is 4.57. The van der Waals surface area contributed by atoms with Gasteiger partial charge in [0.05, 0.1) is 18.4 Å². The first kappa shape index (κ1) is 31.3. The number of anilines is 1. The summed E-state index contributed by atoms with van der Waals surface area (Å²) in [6.07, 6.45) is 5.75. The van der Waals surface area contributed by atoms with Crippen LogP contribution in [0.5, 0.6) is 5.75 Å². The van der Waals surface area contributed by atoms with Gasteiger partial charge in [0.25, 0.3) is 17.4 Å². The Kier molecular flexibility index (Phi) is 8.51. The van der Waals surface area contributed by atoms with Crippen molar-refractivity contribution in [2.24, 2.45) is 4.99 Å². The topological polar surface area (TPSA) is 119 Å². The van der Waals surface area contributed by atoms with Crippen molar-refractivity contribution >= 4 is 29.2 Å². The summed E-state index contributed by atoms with van der Waals surface area (Å²) in [5.74, 6) is 1.24. The van der Waals surface area contributed by atoms with Crippen LogP contribution in [-0.4, -0.2) is 63.3 Å². The van der Waals surface area contributed by atoms with Crippen LogP contribution in [0.1, 0.15) is 76.1 Å². The van der Waals surface area contributed by atoms with Gasteiger partial charge in [0.15, 0.2) is 0 Å².